The van der Waals surface area contributed by atoms with Crippen molar-refractivity contribution in [3.63, 3.8) is 0 Å². The highest BCUT2D eigenvalue weighted by atomic mass is 35.5. The largest absolute Gasteiger partial charge is 0.460 e. The molecule has 0 aromatic carbocycles. The zero-order valence-corrected chi connectivity index (χ0v) is 38.3. The van der Waals surface area contributed by atoms with Crippen LogP contribution >= 0.6 is 45.9 Å². The molecule has 1 aliphatic rings. The third-order valence-electron chi connectivity index (χ3n) is 9.27. The highest BCUT2D eigenvalue weighted by Crippen LogP contribution is 2.33. The summed E-state index contributed by atoms with van der Waals surface area (Å²) in [5, 5.41) is 6.19. The molecule has 0 saturated heterocycles. The molecule has 1 unspecified atom stereocenters. The first-order chi connectivity index (χ1) is 27.5. The van der Waals surface area contributed by atoms with E-state index in [0.717, 1.165) is 22.7 Å². The third-order valence-corrected chi connectivity index (χ3v) is 11.5. The van der Waals surface area contributed by atoms with Crippen LogP contribution in [0.25, 0.3) is 0 Å². The average Bonchev–Trinajstić information content (AvgIpc) is 3.80. The number of aromatic nitrogens is 2. The van der Waals surface area contributed by atoms with Gasteiger partial charge in [0.15, 0.2) is 23.6 Å². The van der Waals surface area contributed by atoms with Gasteiger partial charge in [-0.15, -0.1) is 45.9 Å². The van der Waals surface area contributed by atoms with Crippen molar-refractivity contribution in [3.8, 4) is 0 Å². The van der Waals surface area contributed by atoms with E-state index < -0.39 is 102 Å². The molecule has 330 valence electrons. The van der Waals surface area contributed by atoms with E-state index >= 15 is 0 Å². The fraction of sp³-hybridized carbons (Fsp3) is 0.692. The second-order valence-corrected chi connectivity index (χ2v) is 19.5. The van der Waals surface area contributed by atoms with Crippen LogP contribution in [0.2, 0.25) is 0 Å². The number of rotatable bonds is 16. The number of hydrogen-bond donors (Lipinski definition) is 2. The number of halogens is 2. The van der Waals surface area contributed by atoms with E-state index in [4.69, 9.17) is 52.6 Å². The molecule has 0 saturated carbocycles. The minimum atomic E-state index is -1.34. The third kappa shape index (κ3) is 15.5. The number of cyclic esters (lactones) is 3. The van der Waals surface area contributed by atoms with Gasteiger partial charge in [0.1, 0.15) is 39.2 Å². The van der Waals surface area contributed by atoms with Crippen LogP contribution in [0.1, 0.15) is 131 Å². The predicted molar refractivity (Wildman–Crippen MR) is 222 cm³/mol. The van der Waals surface area contributed by atoms with Crippen LogP contribution in [0.5, 0.6) is 0 Å². The molecule has 3 rings (SSSR count). The summed E-state index contributed by atoms with van der Waals surface area (Å²) in [6, 6.07) is -2.09. The molecule has 0 aliphatic carbocycles. The molecule has 0 spiro atoms. The van der Waals surface area contributed by atoms with Crippen molar-refractivity contribution in [2.24, 2.45) is 23.5 Å². The Labute approximate surface area is 363 Å². The van der Waals surface area contributed by atoms with E-state index in [2.05, 4.69) is 15.3 Å². The van der Waals surface area contributed by atoms with Crippen LogP contribution in [-0.4, -0.2) is 106 Å². The fourth-order valence-electron chi connectivity index (χ4n) is 6.37. The summed E-state index contributed by atoms with van der Waals surface area (Å²) in [7, 11) is 3.42. The van der Waals surface area contributed by atoms with Gasteiger partial charge in [0.2, 0.25) is 5.91 Å². The van der Waals surface area contributed by atoms with Gasteiger partial charge in [-0.05, 0) is 72.4 Å². The number of carbonyl (C=O) groups excluding carboxylic acids is 6. The fourth-order valence-corrected chi connectivity index (χ4v) is 8.43. The Kier molecular flexibility index (Phi) is 19.0. The number of thiazole rings is 2. The first kappa shape index (κ1) is 49.9. The molecule has 1 aliphatic heterocycles. The van der Waals surface area contributed by atoms with Gasteiger partial charge in [0, 0.05) is 23.7 Å². The van der Waals surface area contributed by atoms with Crippen molar-refractivity contribution in [2.45, 2.75) is 134 Å². The van der Waals surface area contributed by atoms with E-state index in [1.54, 1.807) is 39.8 Å². The van der Waals surface area contributed by atoms with E-state index in [1.807, 2.05) is 27.7 Å². The summed E-state index contributed by atoms with van der Waals surface area (Å²) >= 11 is 14.4. The molecule has 16 nitrogen and oxygen atoms in total. The average molecular weight is 907 g/mol. The number of likely N-dealkylation sites (N-methyl/N-ethyl adjacent to an activating group) is 1. The van der Waals surface area contributed by atoms with E-state index in [1.165, 1.54) is 17.7 Å². The van der Waals surface area contributed by atoms with Gasteiger partial charge in [-0.3, -0.25) is 24.1 Å². The van der Waals surface area contributed by atoms with Crippen LogP contribution in [0.15, 0.2) is 10.8 Å². The Morgan fingerprint density at radius 2 is 1.63 bits per heavy atom. The number of nitrogens with one attached hydrogen (secondary N) is 1. The highest BCUT2D eigenvalue weighted by Gasteiger charge is 2.37. The smallest absolute Gasteiger partial charge is 0.358 e. The topological polar surface area (TPSA) is 216 Å². The number of fused-ring (bicyclic) bond motifs is 4. The molecule has 59 heavy (non-hydrogen) atoms. The molecule has 8 atom stereocenters. The molecule has 3 heterocycles. The molecule has 2 aromatic rings. The van der Waals surface area contributed by atoms with E-state index in [-0.39, 0.29) is 34.7 Å². The highest BCUT2D eigenvalue weighted by molar-refractivity contribution is 7.10. The van der Waals surface area contributed by atoms with Crippen LogP contribution < -0.4 is 11.1 Å². The summed E-state index contributed by atoms with van der Waals surface area (Å²) in [6.07, 6.45) is -3.52. The van der Waals surface area contributed by atoms with Gasteiger partial charge in [0.25, 0.3) is 0 Å². The first-order valence-electron chi connectivity index (χ1n) is 19.4. The molecule has 3 N–H and O–H groups in total. The summed E-state index contributed by atoms with van der Waals surface area (Å²) in [4.78, 5) is 90.6. The maximum Gasteiger partial charge on any atom is 0.358 e. The van der Waals surface area contributed by atoms with Crippen LogP contribution in [0, 0.1) is 17.8 Å². The summed E-state index contributed by atoms with van der Waals surface area (Å²) < 4.78 is 27.8. The number of alkyl halides is 2. The van der Waals surface area contributed by atoms with E-state index in [0.29, 0.717) is 24.3 Å². The van der Waals surface area contributed by atoms with Crippen molar-refractivity contribution in [1.82, 2.24) is 20.2 Å². The van der Waals surface area contributed by atoms with Crippen molar-refractivity contribution in [1.29, 1.82) is 0 Å². The second kappa shape index (κ2) is 22.4. The lowest BCUT2D eigenvalue weighted by Crippen LogP contribution is -2.57. The second-order valence-electron chi connectivity index (χ2n) is 15.9. The summed E-state index contributed by atoms with van der Waals surface area (Å²) in [5.74, 6) is -5.55. The number of amides is 1. The van der Waals surface area contributed by atoms with Crippen LogP contribution in [-0.2, 0) is 42.9 Å². The standard InChI is InChI=1S/C39H57Cl2N5O11S2/c1-19(2)14-24(43-33(49)31(22(6)42)46(9)10)28(54-23(7)47)15-30(48)55-29-16-53-37(51)25-17-59-35(45-25)32(20(3)4)57-36(50)21(5)27(12-11-13-39(8,40)41)56-38(52)26-18-58-34(29)44-26/h17-22,24,27-29,31-32H,11-16,42H2,1-10H3,(H,43,49)/t21-,22?,24-,27-,28+,29+,31-,32-/m0/s1. The number of esters is 5. The minimum absolute atomic E-state index is 0.00273. The quantitative estimate of drug-likeness (QED) is 0.113. The van der Waals surface area contributed by atoms with Gasteiger partial charge in [-0.2, -0.15) is 0 Å². The Morgan fingerprint density at radius 1 is 1.02 bits per heavy atom. The zero-order chi connectivity index (χ0) is 44.4. The molecule has 0 radical (unpaired) electrons. The number of carbonyl (C=O) groups is 6. The van der Waals surface area contributed by atoms with Crippen molar-refractivity contribution >= 4 is 81.6 Å². The predicted octanol–water partition coefficient (Wildman–Crippen LogP) is 5.95. The molecule has 0 fully saturated rings. The number of ether oxygens (including phenoxy) is 5. The summed E-state index contributed by atoms with van der Waals surface area (Å²) in [5.41, 5.74) is 5.89. The Bertz CT molecular complexity index is 1760. The lowest BCUT2D eigenvalue weighted by Gasteiger charge is -2.32. The van der Waals surface area contributed by atoms with Crippen LogP contribution in [0.4, 0.5) is 0 Å². The van der Waals surface area contributed by atoms with Gasteiger partial charge < -0.3 is 34.7 Å². The summed E-state index contributed by atoms with van der Waals surface area (Å²) in [6.45, 7) is 13.0. The van der Waals surface area contributed by atoms with Crippen molar-refractivity contribution in [3.05, 3.63) is 32.2 Å². The Balaban J connectivity index is 2.00. The number of hydrogen-bond acceptors (Lipinski definition) is 17. The first-order valence-corrected chi connectivity index (χ1v) is 21.9. The van der Waals surface area contributed by atoms with Gasteiger partial charge in [-0.25, -0.2) is 19.6 Å². The molecule has 1 amide bonds. The SMILES string of the molecule is CC(=O)O[C@H](CC(=O)O[C@@H]1COC(=O)c2csc(n2)[C@H](C(C)C)OC(=O)[C@@H](C)[C@H](CCCC(C)(Cl)Cl)OC(=O)c2csc1n2)[C@H](CC(C)C)NC(=O)[C@H](C(C)N)N(C)C. The van der Waals surface area contributed by atoms with Gasteiger partial charge in [0.05, 0.1) is 18.4 Å². The Morgan fingerprint density at radius 3 is 2.19 bits per heavy atom. The Hall–Kier alpha value is -3.42. The van der Waals surface area contributed by atoms with E-state index in [9.17, 15) is 28.8 Å². The van der Waals surface area contributed by atoms with Crippen molar-refractivity contribution < 1.29 is 52.5 Å². The lowest BCUT2D eigenvalue weighted by molar-refractivity contribution is -0.161. The maximum atomic E-state index is 13.8. The maximum absolute atomic E-state index is 13.8. The monoisotopic (exact) mass is 905 g/mol. The minimum Gasteiger partial charge on any atom is -0.460 e. The zero-order valence-electron chi connectivity index (χ0n) is 35.2. The number of nitrogens with two attached hydrogens (primary N) is 1. The van der Waals surface area contributed by atoms with Crippen molar-refractivity contribution in [2.75, 3.05) is 20.7 Å². The molecular formula is C39H57Cl2N5O11S2. The van der Waals surface area contributed by atoms with Crippen LogP contribution in [0.3, 0.4) is 0 Å². The molecule has 20 heteroatoms. The van der Waals surface area contributed by atoms with Gasteiger partial charge >= 0.3 is 29.8 Å². The molecular weight excluding hydrogens is 849 g/mol. The normalized spacial score (nSPS) is 21.5. The van der Waals surface area contributed by atoms with Gasteiger partial charge in [-0.1, -0.05) is 27.7 Å². The number of nitrogens with zero attached hydrogens (tertiary/aromatic N) is 3. The molecule has 2 aromatic heterocycles. The lowest BCUT2D eigenvalue weighted by atomic mass is 9.96. The molecule has 4 bridgehead atoms.